The molecule has 1 aliphatic heterocycles. The molecule has 2 fully saturated rings. The van der Waals surface area contributed by atoms with E-state index >= 15 is 0 Å². The Kier molecular flexibility index (Phi) is 5.19. The van der Waals surface area contributed by atoms with Gasteiger partial charge in [-0.25, -0.2) is 9.48 Å². The van der Waals surface area contributed by atoms with E-state index in [1.54, 1.807) is 13.2 Å². The molecule has 0 atom stereocenters. The third kappa shape index (κ3) is 4.54. The molecule has 2 N–H and O–H groups in total. The van der Waals surface area contributed by atoms with Crippen molar-refractivity contribution in [3.05, 3.63) is 30.1 Å². The number of aromatic nitrogens is 4. The predicted octanol–water partition coefficient (Wildman–Crippen LogP) is 1.80. The first-order valence-electron chi connectivity index (χ1n) is 9.42. The van der Waals surface area contributed by atoms with Crippen LogP contribution in [0.5, 0.6) is 5.75 Å². The number of methoxy groups -OCH3 is 1. The number of ether oxygens (including phenoxy) is 1. The highest BCUT2D eigenvalue weighted by molar-refractivity contribution is 5.89. The van der Waals surface area contributed by atoms with Gasteiger partial charge in [0.1, 0.15) is 5.75 Å². The average molecular weight is 371 g/mol. The molecule has 9 heteroatoms. The standard InChI is InChI=1S/C18H25N7O2/c1-27-16-4-2-3-14(11-16)20-18(26)19-13-7-9-24(10-8-13)12-17-21-22-23-25(17)15-5-6-15/h2-4,11,13,15H,5-10,12H2,1H3,(H2,19,20,26). The molecule has 0 radical (unpaired) electrons. The summed E-state index contributed by atoms with van der Waals surface area (Å²) >= 11 is 0. The van der Waals surface area contributed by atoms with Gasteiger partial charge in [0.25, 0.3) is 0 Å². The number of carbonyl (C=O) groups is 1. The van der Waals surface area contributed by atoms with Crippen LogP contribution in [-0.2, 0) is 6.54 Å². The molecule has 4 rings (SSSR count). The van der Waals surface area contributed by atoms with Crippen LogP contribution in [-0.4, -0.2) is 57.4 Å². The monoisotopic (exact) mass is 371 g/mol. The lowest BCUT2D eigenvalue weighted by Crippen LogP contribution is -2.45. The molecule has 0 spiro atoms. The zero-order valence-corrected chi connectivity index (χ0v) is 15.5. The van der Waals surface area contributed by atoms with Crippen LogP contribution < -0.4 is 15.4 Å². The number of tetrazole rings is 1. The fraction of sp³-hybridized carbons (Fsp3) is 0.556. The second kappa shape index (κ2) is 7.91. The Hall–Kier alpha value is -2.68. The Morgan fingerprint density at radius 2 is 2.07 bits per heavy atom. The summed E-state index contributed by atoms with van der Waals surface area (Å²) < 4.78 is 7.14. The van der Waals surface area contributed by atoms with Crippen molar-refractivity contribution in [2.45, 2.75) is 44.3 Å². The number of likely N-dealkylation sites (tertiary alicyclic amines) is 1. The van der Waals surface area contributed by atoms with Crippen molar-refractivity contribution in [3.63, 3.8) is 0 Å². The predicted molar refractivity (Wildman–Crippen MR) is 99.5 cm³/mol. The van der Waals surface area contributed by atoms with Crippen LogP contribution in [0.4, 0.5) is 10.5 Å². The fourth-order valence-corrected chi connectivity index (χ4v) is 3.41. The van der Waals surface area contributed by atoms with Gasteiger partial charge in [-0.1, -0.05) is 6.07 Å². The molecule has 1 aromatic carbocycles. The second-order valence-electron chi connectivity index (χ2n) is 7.15. The van der Waals surface area contributed by atoms with Crippen LogP contribution >= 0.6 is 0 Å². The van der Waals surface area contributed by atoms with E-state index in [0.29, 0.717) is 6.04 Å². The Bertz CT molecular complexity index is 782. The molecule has 2 amide bonds. The maximum absolute atomic E-state index is 12.2. The number of hydrogen-bond donors (Lipinski definition) is 2. The summed E-state index contributed by atoms with van der Waals surface area (Å²) in [5, 5.41) is 18.0. The summed E-state index contributed by atoms with van der Waals surface area (Å²) in [6.45, 7) is 2.61. The van der Waals surface area contributed by atoms with E-state index in [4.69, 9.17) is 4.74 Å². The van der Waals surface area contributed by atoms with Gasteiger partial charge in [0, 0.05) is 30.9 Å². The molecule has 27 heavy (non-hydrogen) atoms. The van der Waals surface area contributed by atoms with Crippen molar-refractivity contribution in [2.75, 3.05) is 25.5 Å². The number of urea groups is 1. The summed E-state index contributed by atoms with van der Waals surface area (Å²) in [6.07, 6.45) is 4.17. The number of piperidine rings is 1. The lowest BCUT2D eigenvalue weighted by atomic mass is 10.1. The largest absolute Gasteiger partial charge is 0.497 e. The first kappa shape index (κ1) is 17.7. The summed E-state index contributed by atoms with van der Waals surface area (Å²) in [5.74, 6) is 1.66. The minimum atomic E-state index is -0.181. The molecule has 2 aromatic rings. The zero-order chi connectivity index (χ0) is 18.6. The van der Waals surface area contributed by atoms with E-state index in [9.17, 15) is 4.79 Å². The van der Waals surface area contributed by atoms with Gasteiger partial charge >= 0.3 is 6.03 Å². The number of hydrogen-bond acceptors (Lipinski definition) is 6. The molecule has 0 bridgehead atoms. The molecule has 0 unspecified atom stereocenters. The molecular formula is C18H25N7O2. The molecule has 144 valence electrons. The minimum Gasteiger partial charge on any atom is -0.497 e. The third-order valence-electron chi connectivity index (χ3n) is 5.07. The molecule has 9 nitrogen and oxygen atoms in total. The van der Waals surface area contributed by atoms with Crippen LogP contribution in [0.15, 0.2) is 24.3 Å². The molecule has 1 aliphatic carbocycles. The van der Waals surface area contributed by atoms with Crippen molar-refractivity contribution in [2.24, 2.45) is 0 Å². The van der Waals surface area contributed by atoms with Crippen molar-refractivity contribution >= 4 is 11.7 Å². The van der Waals surface area contributed by atoms with E-state index < -0.39 is 0 Å². The Labute approximate surface area is 158 Å². The van der Waals surface area contributed by atoms with Gasteiger partial charge in [-0.15, -0.1) is 5.10 Å². The van der Waals surface area contributed by atoms with Crippen molar-refractivity contribution < 1.29 is 9.53 Å². The molecule has 2 heterocycles. The van der Waals surface area contributed by atoms with Gasteiger partial charge < -0.3 is 15.4 Å². The summed E-state index contributed by atoms with van der Waals surface area (Å²) in [5.41, 5.74) is 0.719. The maximum atomic E-state index is 12.2. The van der Waals surface area contributed by atoms with Crippen molar-refractivity contribution in [3.8, 4) is 5.75 Å². The number of benzene rings is 1. The lowest BCUT2D eigenvalue weighted by molar-refractivity contribution is 0.184. The molecule has 2 aliphatic rings. The number of carbonyl (C=O) groups excluding carboxylic acids is 1. The Morgan fingerprint density at radius 3 is 2.81 bits per heavy atom. The number of amides is 2. The van der Waals surface area contributed by atoms with Crippen molar-refractivity contribution in [1.29, 1.82) is 0 Å². The van der Waals surface area contributed by atoms with E-state index in [-0.39, 0.29) is 12.1 Å². The Balaban J connectivity index is 1.23. The third-order valence-corrected chi connectivity index (χ3v) is 5.07. The molecule has 1 saturated carbocycles. The number of rotatable bonds is 6. The molecular weight excluding hydrogens is 346 g/mol. The van der Waals surface area contributed by atoms with Gasteiger partial charge in [0.05, 0.1) is 19.7 Å². The minimum absolute atomic E-state index is 0.172. The highest BCUT2D eigenvalue weighted by atomic mass is 16.5. The number of nitrogens with zero attached hydrogens (tertiary/aromatic N) is 5. The average Bonchev–Trinajstić information content (AvgIpc) is 3.42. The fourth-order valence-electron chi connectivity index (χ4n) is 3.41. The van der Waals surface area contributed by atoms with E-state index in [0.717, 1.165) is 49.7 Å². The summed E-state index contributed by atoms with van der Waals surface area (Å²) in [7, 11) is 1.61. The first-order valence-corrected chi connectivity index (χ1v) is 9.42. The topological polar surface area (TPSA) is 97.2 Å². The van der Waals surface area contributed by atoms with Crippen LogP contribution in [0.1, 0.15) is 37.5 Å². The number of nitrogens with one attached hydrogen (secondary N) is 2. The van der Waals surface area contributed by atoms with Gasteiger partial charge in [-0.2, -0.15) is 0 Å². The van der Waals surface area contributed by atoms with E-state index in [1.807, 2.05) is 22.9 Å². The molecule has 1 saturated heterocycles. The Morgan fingerprint density at radius 1 is 1.26 bits per heavy atom. The summed E-state index contributed by atoms with van der Waals surface area (Å²) in [6, 6.07) is 7.82. The normalized spacial score (nSPS) is 18.3. The van der Waals surface area contributed by atoms with E-state index in [2.05, 4.69) is 31.1 Å². The molecule has 1 aromatic heterocycles. The van der Waals surface area contributed by atoms with Crippen LogP contribution in [0, 0.1) is 0 Å². The zero-order valence-electron chi connectivity index (χ0n) is 15.5. The van der Waals surface area contributed by atoms with Crippen LogP contribution in [0.2, 0.25) is 0 Å². The second-order valence-corrected chi connectivity index (χ2v) is 7.15. The van der Waals surface area contributed by atoms with Crippen molar-refractivity contribution in [1.82, 2.24) is 30.4 Å². The maximum Gasteiger partial charge on any atom is 0.319 e. The van der Waals surface area contributed by atoms with Gasteiger partial charge in [-0.05, 0) is 48.2 Å². The van der Waals surface area contributed by atoms with Gasteiger partial charge in [-0.3, -0.25) is 4.90 Å². The highest BCUT2D eigenvalue weighted by Crippen LogP contribution is 2.34. The van der Waals surface area contributed by atoms with Crippen LogP contribution in [0.25, 0.3) is 0 Å². The van der Waals surface area contributed by atoms with Gasteiger partial charge in [0.15, 0.2) is 5.82 Å². The van der Waals surface area contributed by atoms with Crippen LogP contribution in [0.3, 0.4) is 0 Å². The number of anilines is 1. The first-order chi connectivity index (χ1) is 13.2. The summed E-state index contributed by atoms with van der Waals surface area (Å²) in [4.78, 5) is 14.6. The van der Waals surface area contributed by atoms with Gasteiger partial charge in [0.2, 0.25) is 0 Å². The smallest absolute Gasteiger partial charge is 0.319 e. The van der Waals surface area contributed by atoms with E-state index in [1.165, 1.54) is 12.8 Å². The lowest BCUT2D eigenvalue weighted by Gasteiger charge is -2.31. The quantitative estimate of drug-likeness (QED) is 0.804. The SMILES string of the molecule is COc1cccc(NC(=O)NC2CCN(Cc3nnnn3C3CC3)CC2)c1. The highest BCUT2D eigenvalue weighted by Gasteiger charge is 2.29.